The number of hydrogen-bond donors (Lipinski definition) is 0. The Morgan fingerprint density at radius 3 is 2.45 bits per heavy atom. The molecule has 22 heavy (non-hydrogen) atoms. The van der Waals surface area contributed by atoms with E-state index in [9.17, 15) is 8.42 Å². The van der Waals surface area contributed by atoms with Crippen LogP contribution in [0.15, 0.2) is 29.2 Å². The van der Waals surface area contributed by atoms with Crippen LogP contribution in [0.1, 0.15) is 31.2 Å². The van der Waals surface area contributed by atoms with Gasteiger partial charge < -0.3 is 0 Å². The standard InChI is InChI=1S/C16H19ClN2O2S/c1-12-10-16(17)18-15-7-6-13(11-14(12)15)22(20,21)19-8-4-2-3-5-9-19/h6-7,10-11H,2-5,8-9H2,1H3. The van der Waals surface area contributed by atoms with Gasteiger partial charge in [0.05, 0.1) is 10.4 Å². The van der Waals surface area contributed by atoms with Crippen LogP contribution in [0.5, 0.6) is 0 Å². The molecule has 0 atom stereocenters. The predicted molar refractivity (Wildman–Crippen MR) is 88.7 cm³/mol. The molecule has 0 unspecified atom stereocenters. The number of sulfonamides is 1. The van der Waals surface area contributed by atoms with Crippen molar-refractivity contribution in [3.8, 4) is 0 Å². The Hall–Kier alpha value is -1.17. The first-order chi connectivity index (χ1) is 10.5. The molecule has 1 aliphatic rings. The van der Waals surface area contributed by atoms with Crippen molar-refractivity contribution < 1.29 is 8.42 Å². The normalized spacial score (nSPS) is 17.5. The van der Waals surface area contributed by atoms with E-state index in [4.69, 9.17) is 11.6 Å². The number of hydrogen-bond acceptors (Lipinski definition) is 3. The minimum atomic E-state index is -3.43. The number of pyridine rings is 1. The summed E-state index contributed by atoms with van der Waals surface area (Å²) in [5, 5.41) is 1.26. The van der Waals surface area contributed by atoms with Crippen molar-refractivity contribution >= 4 is 32.5 Å². The molecule has 6 heteroatoms. The molecule has 0 N–H and O–H groups in total. The van der Waals surface area contributed by atoms with E-state index < -0.39 is 10.0 Å². The average molecular weight is 339 g/mol. The third kappa shape index (κ3) is 2.98. The van der Waals surface area contributed by atoms with Crippen molar-refractivity contribution in [1.82, 2.24) is 9.29 Å². The summed E-state index contributed by atoms with van der Waals surface area (Å²) in [6.45, 7) is 3.13. The van der Waals surface area contributed by atoms with E-state index in [2.05, 4.69) is 4.98 Å². The van der Waals surface area contributed by atoms with Crippen LogP contribution < -0.4 is 0 Å². The van der Waals surface area contributed by atoms with Crippen LogP contribution in [-0.2, 0) is 10.0 Å². The van der Waals surface area contributed by atoms with Gasteiger partial charge in [-0.25, -0.2) is 13.4 Å². The molecule has 1 saturated heterocycles. The maximum absolute atomic E-state index is 12.8. The molecule has 3 rings (SSSR count). The lowest BCUT2D eigenvalue weighted by atomic mass is 10.1. The minimum absolute atomic E-state index is 0.342. The van der Waals surface area contributed by atoms with Gasteiger partial charge in [0.1, 0.15) is 5.15 Å². The molecule has 2 aromatic rings. The van der Waals surface area contributed by atoms with Crippen LogP contribution in [0.4, 0.5) is 0 Å². The summed E-state index contributed by atoms with van der Waals surface area (Å²) in [7, 11) is -3.43. The molecule has 1 aromatic heterocycles. The Morgan fingerprint density at radius 1 is 1.09 bits per heavy atom. The highest BCUT2D eigenvalue weighted by molar-refractivity contribution is 7.89. The fourth-order valence-electron chi connectivity index (χ4n) is 2.92. The summed E-state index contributed by atoms with van der Waals surface area (Å²) in [5.74, 6) is 0. The second-order valence-corrected chi connectivity index (χ2v) is 8.08. The van der Waals surface area contributed by atoms with Gasteiger partial charge in [-0.3, -0.25) is 0 Å². The molecular formula is C16H19ClN2O2S. The van der Waals surface area contributed by atoms with Gasteiger partial charge in [0, 0.05) is 18.5 Å². The smallest absolute Gasteiger partial charge is 0.236 e. The summed E-state index contributed by atoms with van der Waals surface area (Å²) in [6.07, 6.45) is 4.07. The molecule has 118 valence electrons. The van der Waals surface area contributed by atoms with Crippen molar-refractivity contribution in [2.24, 2.45) is 0 Å². The molecule has 0 amide bonds. The number of rotatable bonds is 2. The SMILES string of the molecule is Cc1cc(Cl)nc2ccc(S(=O)(=O)N3CCCCCC3)cc12. The Balaban J connectivity index is 2.05. The number of aryl methyl sites for hydroxylation is 1. The molecule has 0 spiro atoms. The number of nitrogens with zero attached hydrogens (tertiary/aromatic N) is 2. The zero-order valence-electron chi connectivity index (χ0n) is 12.5. The van der Waals surface area contributed by atoms with Crippen LogP contribution in [0.3, 0.4) is 0 Å². The summed E-state index contributed by atoms with van der Waals surface area (Å²) in [6, 6.07) is 6.84. The molecule has 2 heterocycles. The fraction of sp³-hybridized carbons (Fsp3) is 0.438. The van der Waals surface area contributed by atoms with E-state index in [1.807, 2.05) is 6.92 Å². The van der Waals surface area contributed by atoms with Crippen molar-refractivity contribution in [3.05, 3.63) is 35.0 Å². The van der Waals surface area contributed by atoms with E-state index in [0.29, 0.717) is 23.1 Å². The minimum Gasteiger partial charge on any atom is -0.236 e. The monoisotopic (exact) mass is 338 g/mol. The zero-order chi connectivity index (χ0) is 15.7. The lowest BCUT2D eigenvalue weighted by Gasteiger charge is -2.20. The Labute approximate surface area is 136 Å². The fourth-order valence-corrected chi connectivity index (χ4v) is 4.72. The second-order valence-electron chi connectivity index (χ2n) is 5.76. The van der Waals surface area contributed by atoms with Gasteiger partial charge in [0.2, 0.25) is 10.0 Å². The third-order valence-electron chi connectivity index (χ3n) is 4.16. The van der Waals surface area contributed by atoms with E-state index in [1.165, 1.54) is 0 Å². The van der Waals surface area contributed by atoms with Crippen LogP contribution in [0.25, 0.3) is 10.9 Å². The lowest BCUT2D eigenvalue weighted by molar-refractivity contribution is 0.424. The molecule has 1 aliphatic heterocycles. The molecule has 0 radical (unpaired) electrons. The van der Waals surface area contributed by atoms with E-state index in [-0.39, 0.29) is 0 Å². The van der Waals surface area contributed by atoms with Gasteiger partial charge in [-0.1, -0.05) is 24.4 Å². The highest BCUT2D eigenvalue weighted by atomic mass is 35.5. The summed E-state index contributed by atoms with van der Waals surface area (Å²) in [5.41, 5.74) is 1.66. The predicted octanol–water partition coefficient (Wildman–Crippen LogP) is 3.76. The number of halogens is 1. The van der Waals surface area contributed by atoms with E-state index in [0.717, 1.165) is 42.1 Å². The molecular weight excluding hydrogens is 320 g/mol. The average Bonchev–Trinajstić information content (AvgIpc) is 2.76. The lowest BCUT2D eigenvalue weighted by Crippen LogP contribution is -2.31. The largest absolute Gasteiger partial charge is 0.243 e. The number of fused-ring (bicyclic) bond motifs is 1. The second kappa shape index (κ2) is 6.14. The van der Waals surface area contributed by atoms with Crippen LogP contribution in [0, 0.1) is 6.92 Å². The highest BCUT2D eigenvalue weighted by Crippen LogP contribution is 2.26. The first-order valence-electron chi connectivity index (χ1n) is 7.55. The molecule has 0 saturated carbocycles. The highest BCUT2D eigenvalue weighted by Gasteiger charge is 2.25. The maximum atomic E-state index is 12.8. The quantitative estimate of drug-likeness (QED) is 0.783. The topological polar surface area (TPSA) is 50.3 Å². The van der Waals surface area contributed by atoms with Crippen LogP contribution in [-0.4, -0.2) is 30.8 Å². The van der Waals surface area contributed by atoms with E-state index >= 15 is 0 Å². The van der Waals surface area contributed by atoms with Crippen LogP contribution >= 0.6 is 11.6 Å². The van der Waals surface area contributed by atoms with Gasteiger partial charge in [-0.2, -0.15) is 4.31 Å². The van der Waals surface area contributed by atoms with E-state index in [1.54, 1.807) is 28.6 Å². The molecule has 4 nitrogen and oxygen atoms in total. The third-order valence-corrected chi connectivity index (χ3v) is 6.25. The van der Waals surface area contributed by atoms with Gasteiger partial charge >= 0.3 is 0 Å². The first kappa shape index (κ1) is 15.7. The van der Waals surface area contributed by atoms with Gasteiger partial charge in [-0.15, -0.1) is 0 Å². The van der Waals surface area contributed by atoms with Crippen molar-refractivity contribution in [1.29, 1.82) is 0 Å². The summed E-state index contributed by atoms with van der Waals surface area (Å²) < 4.78 is 27.3. The zero-order valence-corrected chi connectivity index (χ0v) is 14.1. The van der Waals surface area contributed by atoms with Crippen molar-refractivity contribution in [2.75, 3.05) is 13.1 Å². The molecule has 1 aromatic carbocycles. The molecule has 0 aliphatic carbocycles. The summed E-state index contributed by atoms with van der Waals surface area (Å²) in [4.78, 5) is 4.59. The van der Waals surface area contributed by atoms with Gasteiger partial charge in [0.15, 0.2) is 0 Å². The first-order valence-corrected chi connectivity index (χ1v) is 9.37. The molecule has 1 fully saturated rings. The van der Waals surface area contributed by atoms with Crippen molar-refractivity contribution in [3.63, 3.8) is 0 Å². The summed E-state index contributed by atoms with van der Waals surface area (Å²) >= 11 is 5.96. The van der Waals surface area contributed by atoms with Crippen molar-refractivity contribution in [2.45, 2.75) is 37.5 Å². The molecule has 0 bridgehead atoms. The Kier molecular flexibility index (Phi) is 4.39. The van der Waals surface area contributed by atoms with Gasteiger partial charge in [-0.05, 0) is 49.6 Å². The van der Waals surface area contributed by atoms with Gasteiger partial charge in [0.25, 0.3) is 0 Å². The Bertz CT molecular complexity index is 797. The van der Waals surface area contributed by atoms with Crippen LogP contribution in [0.2, 0.25) is 5.15 Å². The maximum Gasteiger partial charge on any atom is 0.243 e. The number of aromatic nitrogens is 1. The number of benzene rings is 1. The Morgan fingerprint density at radius 2 is 1.77 bits per heavy atom.